The van der Waals surface area contributed by atoms with Crippen molar-refractivity contribution in [2.45, 2.75) is 6.54 Å². The molecule has 0 bridgehead atoms. The van der Waals surface area contributed by atoms with Crippen molar-refractivity contribution in [1.29, 1.82) is 0 Å². The fourth-order valence-corrected chi connectivity index (χ4v) is 3.09. The van der Waals surface area contributed by atoms with Gasteiger partial charge < -0.3 is 0 Å². The molecule has 0 saturated heterocycles. The fourth-order valence-electron chi connectivity index (χ4n) is 3.09. The zero-order valence-electron chi connectivity index (χ0n) is 14.8. The van der Waals surface area contributed by atoms with Crippen molar-refractivity contribution in [1.82, 2.24) is 4.98 Å². The Hall–Kier alpha value is -3.59. The average Bonchev–Trinajstić information content (AvgIpc) is 2.75. The molecule has 0 unspecified atom stereocenters. The highest BCUT2D eigenvalue weighted by atomic mass is 16.1. The van der Waals surface area contributed by atoms with Crippen LogP contribution in [0.1, 0.15) is 10.4 Å². The molecule has 0 radical (unpaired) electrons. The van der Waals surface area contributed by atoms with Crippen molar-refractivity contribution in [3.63, 3.8) is 0 Å². The summed E-state index contributed by atoms with van der Waals surface area (Å²) in [7, 11) is 0. The molecule has 0 aliphatic heterocycles. The fraction of sp³-hybridized carbons (Fsp3) is 0.0417. The van der Waals surface area contributed by atoms with Crippen molar-refractivity contribution >= 4 is 5.78 Å². The summed E-state index contributed by atoms with van der Waals surface area (Å²) in [5, 5.41) is 0. The zero-order chi connectivity index (χ0) is 18.5. The van der Waals surface area contributed by atoms with Gasteiger partial charge in [0.1, 0.15) is 5.69 Å². The largest absolute Gasteiger partial charge is 0.287 e. The number of carbonyl (C=O) groups is 1. The lowest BCUT2D eigenvalue weighted by molar-refractivity contribution is -0.672. The molecule has 0 amide bonds. The normalized spacial score (nSPS) is 10.5. The van der Waals surface area contributed by atoms with Gasteiger partial charge in [-0.2, -0.15) is 4.57 Å². The van der Waals surface area contributed by atoms with Crippen LogP contribution in [0.2, 0.25) is 0 Å². The summed E-state index contributed by atoms with van der Waals surface area (Å²) in [6, 6.07) is 29.6. The number of aromatic nitrogens is 2. The maximum absolute atomic E-state index is 12.8. The Balaban J connectivity index is 1.57. The van der Waals surface area contributed by atoms with Crippen LogP contribution in [0.3, 0.4) is 0 Å². The second-order valence-electron chi connectivity index (χ2n) is 6.30. The van der Waals surface area contributed by atoms with Gasteiger partial charge in [-0.1, -0.05) is 60.7 Å². The van der Waals surface area contributed by atoms with E-state index in [2.05, 4.69) is 17.1 Å². The summed E-state index contributed by atoms with van der Waals surface area (Å²) >= 11 is 0. The first kappa shape index (κ1) is 16.9. The third kappa shape index (κ3) is 3.82. The summed E-state index contributed by atoms with van der Waals surface area (Å²) < 4.78 is 1.94. The lowest BCUT2D eigenvalue weighted by atomic mass is 10.0. The monoisotopic (exact) mass is 351 g/mol. The minimum Gasteiger partial charge on any atom is -0.287 e. The standard InChI is InChI=1S/C24H19N2O/c27-24(21-14-12-20(13-15-21)19-8-2-1-3-9-19)18-26-17-7-5-11-23(26)22-10-4-6-16-25-22/h1-17H,18H2/q+1. The van der Waals surface area contributed by atoms with Gasteiger partial charge in [-0.25, -0.2) is 4.98 Å². The Labute approximate surface area is 158 Å². The number of hydrogen-bond donors (Lipinski definition) is 0. The lowest BCUT2D eigenvalue weighted by Gasteiger charge is -2.05. The number of rotatable bonds is 5. The number of hydrogen-bond acceptors (Lipinski definition) is 2. The molecular weight excluding hydrogens is 332 g/mol. The van der Waals surface area contributed by atoms with Gasteiger partial charge in [0.15, 0.2) is 6.20 Å². The van der Waals surface area contributed by atoms with Gasteiger partial charge in [-0.15, -0.1) is 0 Å². The highest BCUT2D eigenvalue weighted by Gasteiger charge is 2.18. The molecule has 0 atom stereocenters. The zero-order valence-corrected chi connectivity index (χ0v) is 14.8. The van der Waals surface area contributed by atoms with E-state index in [0.717, 1.165) is 22.5 Å². The first-order chi connectivity index (χ1) is 13.3. The van der Waals surface area contributed by atoms with Crippen molar-refractivity contribution in [2.24, 2.45) is 0 Å². The van der Waals surface area contributed by atoms with Gasteiger partial charge in [0.05, 0.1) is 0 Å². The topological polar surface area (TPSA) is 33.8 Å². The van der Waals surface area contributed by atoms with Crippen LogP contribution >= 0.6 is 0 Å². The summed E-state index contributed by atoms with van der Waals surface area (Å²) in [5.74, 6) is 0.0722. The smallest absolute Gasteiger partial charge is 0.231 e. The minimum absolute atomic E-state index is 0.0722. The first-order valence-electron chi connectivity index (χ1n) is 8.90. The summed E-state index contributed by atoms with van der Waals surface area (Å²) in [4.78, 5) is 17.2. The molecule has 0 aliphatic carbocycles. The van der Waals surface area contributed by atoms with Gasteiger partial charge in [-0.05, 0) is 29.3 Å². The molecule has 4 aromatic rings. The van der Waals surface area contributed by atoms with Gasteiger partial charge in [0.2, 0.25) is 18.0 Å². The summed E-state index contributed by atoms with van der Waals surface area (Å²) in [6.07, 6.45) is 3.68. The van der Waals surface area contributed by atoms with Crippen LogP contribution in [0, 0.1) is 0 Å². The molecule has 0 N–H and O–H groups in total. The molecule has 0 saturated carbocycles. The van der Waals surface area contributed by atoms with E-state index >= 15 is 0 Å². The summed E-state index contributed by atoms with van der Waals surface area (Å²) in [6.45, 7) is 0.275. The molecule has 3 nitrogen and oxygen atoms in total. The molecule has 2 aromatic heterocycles. The number of Topliss-reactive ketones (excluding diaryl/α,β-unsaturated/α-hetero) is 1. The van der Waals surface area contributed by atoms with Crippen LogP contribution in [-0.2, 0) is 6.54 Å². The molecule has 0 aliphatic rings. The predicted octanol–water partition coefficient (Wildman–Crippen LogP) is 4.59. The number of ketones is 1. The maximum Gasteiger partial charge on any atom is 0.231 e. The van der Waals surface area contributed by atoms with Crippen LogP contribution < -0.4 is 4.57 Å². The van der Waals surface area contributed by atoms with Gasteiger partial charge in [0, 0.05) is 23.9 Å². The Bertz CT molecular complexity index is 1040. The SMILES string of the molecule is O=C(C[n+]1ccccc1-c1ccccn1)c1ccc(-c2ccccc2)cc1. The molecule has 130 valence electrons. The first-order valence-corrected chi connectivity index (χ1v) is 8.90. The Morgan fingerprint density at radius 3 is 2.19 bits per heavy atom. The van der Waals surface area contributed by atoms with Crippen LogP contribution in [0.4, 0.5) is 0 Å². The second kappa shape index (κ2) is 7.75. The molecule has 2 heterocycles. The Morgan fingerprint density at radius 1 is 0.741 bits per heavy atom. The van der Waals surface area contributed by atoms with E-state index in [0.29, 0.717) is 5.56 Å². The number of nitrogens with zero attached hydrogens (tertiary/aromatic N) is 2. The van der Waals surface area contributed by atoms with Crippen LogP contribution in [0.15, 0.2) is 103 Å². The molecular formula is C24H19N2O+. The van der Waals surface area contributed by atoms with Gasteiger partial charge >= 0.3 is 0 Å². The van der Waals surface area contributed by atoms with Crippen LogP contribution in [0.5, 0.6) is 0 Å². The molecule has 27 heavy (non-hydrogen) atoms. The van der Waals surface area contributed by atoms with E-state index < -0.39 is 0 Å². The Morgan fingerprint density at radius 2 is 1.44 bits per heavy atom. The van der Waals surface area contributed by atoms with E-state index in [1.54, 1.807) is 6.20 Å². The highest BCUT2D eigenvalue weighted by molar-refractivity contribution is 5.95. The lowest BCUT2D eigenvalue weighted by Crippen LogP contribution is -2.39. The van der Waals surface area contributed by atoms with E-state index in [1.165, 1.54) is 0 Å². The number of pyridine rings is 2. The van der Waals surface area contributed by atoms with Crippen LogP contribution in [0.25, 0.3) is 22.5 Å². The Kier molecular flexibility index (Phi) is 4.84. The third-order valence-corrected chi connectivity index (χ3v) is 4.50. The van der Waals surface area contributed by atoms with E-state index in [1.807, 2.05) is 89.6 Å². The average molecular weight is 351 g/mol. The predicted molar refractivity (Wildman–Crippen MR) is 106 cm³/mol. The van der Waals surface area contributed by atoms with Crippen molar-refractivity contribution in [2.75, 3.05) is 0 Å². The van der Waals surface area contributed by atoms with E-state index in [-0.39, 0.29) is 12.3 Å². The minimum atomic E-state index is 0.0722. The van der Waals surface area contributed by atoms with E-state index in [9.17, 15) is 4.79 Å². The molecule has 0 fully saturated rings. The van der Waals surface area contributed by atoms with Gasteiger partial charge in [0.25, 0.3) is 0 Å². The molecule has 2 aromatic carbocycles. The highest BCUT2D eigenvalue weighted by Crippen LogP contribution is 2.19. The number of carbonyl (C=O) groups excluding carboxylic acids is 1. The second-order valence-corrected chi connectivity index (χ2v) is 6.30. The van der Waals surface area contributed by atoms with Crippen molar-refractivity contribution in [3.05, 3.63) is 109 Å². The van der Waals surface area contributed by atoms with Crippen molar-refractivity contribution < 1.29 is 9.36 Å². The maximum atomic E-state index is 12.8. The summed E-state index contributed by atoms with van der Waals surface area (Å²) in [5.41, 5.74) is 4.73. The molecule has 4 rings (SSSR count). The van der Waals surface area contributed by atoms with Gasteiger partial charge in [-0.3, -0.25) is 4.79 Å². The third-order valence-electron chi connectivity index (χ3n) is 4.50. The van der Waals surface area contributed by atoms with E-state index in [4.69, 9.17) is 0 Å². The molecule has 3 heteroatoms. The number of benzene rings is 2. The molecule has 0 spiro atoms. The van der Waals surface area contributed by atoms with Crippen LogP contribution in [-0.4, -0.2) is 10.8 Å². The van der Waals surface area contributed by atoms with Crippen molar-refractivity contribution in [3.8, 4) is 22.5 Å². The quantitative estimate of drug-likeness (QED) is 0.389.